The quantitative estimate of drug-likeness (QED) is 0.773. The lowest BCUT2D eigenvalue weighted by molar-refractivity contribution is -0.125. The van der Waals surface area contributed by atoms with Gasteiger partial charge < -0.3 is 5.32 Å². The highest BCUT2D eigenvalue weighted by molar-refractivity contribution is 7.92. The van der Waals surface area contributed by atoms with Gasteiger partial charge in [0, 0.05) is 5.69 Å². The monoisotopic (exact) mass is 381 g/mol. The Morgan fingerprint density at radius 2 is 1.65 bits per heavy atom. The first-order valence-electron chi connectivity index (χ1n) is 7.42. The van der Waals surface area contributed by atoms with E-state index in [2.05, 4.69) is 10.0 Å². The molecule has 1 aliphatic heterocycles. The number of hydrogen-bond donors (Lipinski definition) is 2. The van der Waals surface area contributed by atoms with E-state index in [1.54, 1.807) is 0 Å². The fourth-order valence-corrected chi connectivity index (χ4v) is 3.62. The lowest BCUT2D eigenvalue weighted by Gasteiger charge is -2.13. The van der Waals surface area contributed by atoms with Crippen LogP contribution in [0.5, 0.6) is 0 Å². The molecule has 1 fully saturated rings. The van der Waals surface area contributed by atoms with Crippen molar-refractivity contribution in [1.29, 1.82) is 0 Å². The Bertz CT molecular complexity index is 941. The number of nitrogens with one attached hydrogen (secondary N) is 2. The van der Waals surface area contributed by atoms with Gasteiger partial charge in [0.25, 0.3) is 10.0 Å². The minimum absolute atomic E-state index is 0.0274. The third kappa shape index (κ3) is 3.49. The van der Waals surface area contributed by atoms with Crippen molar-refractivity contribution in [1.82, 2.24) is 10.2 Å². The third-order valence-corrected chi connectivity index (χ3v) is 5.10. The van der Waals surface area contributed by atoms with Crippen LogP contribution in [0.4, 0.5) is 19.3 Å². The highest BCUT2D eigenvalue weighted by atomic mass is 32.2. The van der Waals surface area contributed by atoms with E-state index >= 15 is 0 Å². The van der Waals surface area contributed by atoms with Crippen LogP contribution in [0.3, 0.4) is 0 Å². The lowest BCUT2D eigenvalue weighted by Crippen LogP contribution is -2.30. The SMILES string of the molecule is O=C1CNC(=O)N1Cc1ccc(NS(=O)(=O)c2c(F)cccc2F)cc1. The molecule has 0 saturated carbocycles. The van der Waals surface area contributed by atoms with Gasteiger partial charge in [-0.3, -0.25) is 14.4 Å². The molecule has 3 amide bonds. The number of benzene rings is 2. The van der Waals surface area contributed by atoms with Gasteiger partial charge in [0.05, 0.1) is 13.1 Å². The molecule has 1 heterocycles. The molecule has 3 rings (SSSR count). The van der Waals surface area contributed by atoms with Crippen LogP contribution in [-0.2, 0) is 21.4 Å². The van der Waals surface area contributed by atoms with Crippen LogP contribution in [0.2, 0.25) is 0 Å². The van der Waals surface area contributed by atoms with E-state index in [1.807, 2.05) is 0 Å². The summed E-state index contributed by atoms with van der Waals surface area (Å²) in [4.78, 5) is 23.0. The summed E-state index contributed by atoms with van der Waals surface area (Å²) in [6.07, 6.45) is 0. The van der Waals surface area contributed by atoms with Crippen molar-refractivity contribution in [2.45, 2.75) is 11.4 Å². The minimum Gasteiger partial charge on any atom is -0.329 e. The number of imide groups is 1. The van der Waals surface area contributed by atoms with Gasteiger partial charge in [-0.25, -0.2) is 22.0 Å². The molecule has 26 heavy (non-hydrogen) atoms. The van der Waals surface area contributed by atoms with Crippen LogP contribution >= 0.6 is 0 Å². The molecule has 1 aliphatic rings. The highest BCUT2D eigenvalue weighted by Gasteiger charge is 2.28. The van der Waals surface area contributed by atoms with E-state index < -0.39 is 32.6 Å². The number of carbonyl (C=O) groups excluding carboxylic acids is 2. The molecule has 0 radical (unpaired) electrons. The van der Waals surface area contributed by atoms with Crippen LogP contribution in [-0.4, -0.2) is 31.8 Å². The molecule has 0 aromatic heterocycles. The van der Waals surface area contributed by atoms with E-state index in [-0.39, 0.29) is 24.7 Å². The average molecular weight is 381 g/mol. The number of hydrogen-bond acceptors (Lipinski definition) is 4. The van der Waals surface area contributed by atoms with Crippen molar-refractivity contribution in [3.05, 3.63) is 59.7 Å². The Balaban J connectivity index is 1.77. The maximum absolute atomic E-state index is 13.7. The van der Waals surface area contributed by atoms with Crippen molar-refractivity contribution >= 4 is 27.6 Å². The number of carbonyl (C=O) groups is 2. The van der Waals surface area contributed by atoms with E-state index in [4.69, 9.17) is 0 Å². The Morgan fingerprint density at radius 3 is 2.19 bits per heavy atom. The molecular formula is C16H13F2N3O4S. The van der Waals surface area contributed by atoms with Gasteiger partial charge >= 0.3 is 6.03 Å². The van der Waals surface area contributed by atoms with Crippen molar-refractivity contribution < 1.29 is 26.8 Å². The summed E-state index contributed by atoms with van der Waals surface area (Å²) < 4.78 is 53.8. The molecule has 0 aliphatic carbocycles. The van der Waals surface area contributed by atoms with Gasteiger partial charge in [-0.05, 0) is 29.8 Å². The summed E-state index contributed by atoms with van der Waals surface area (Å²) in [7, 11) is -4.46. The number of rotatable bonds is 5. The van der Waals surface area contributed by atoms with Crippen LogP contribution in [0.1, 0.15) is 5.56 Å². The van der Waals surface area contributed by atoms with Crippen LogP contribution in [0, 0.1) is 11.6 Å². The van der Waals surface area contributed by atoms with E-state index in [0.717, 1.165) is 23.1 Å². The number of amides is 3. The normalized spacial score (nSPS) is 14.5. The number of nitrogens with zero attached hydrogens (tertiary/aromatic N) is 1. The molecule has 0 bridgehead atoms. The van der Waals surface area contributed by atoms with Gasteiger partial charge in [0.1, 0.15) is 11.6 Å². The first-order valence-corrected chi connectivity index (χ1v) is 8.90. The van der Waals surface area contributed by atoms with Crippen molar-refractivity contribution in [2.75, 3.05) is 11.3 Å². The fraction of sp³-hybridized carbons (Fsp3) is 0.125. The van der Waals surface area contributed by atoms with Crippen LogP contribution in [0.15, 0.2) is 47.4 Å². The second-order valence-corrected chi connectivity index (χ2v) is 7.11. The van der Waals surface area contributed by atoms with E-state index in [9.17, 15) is 26.8 Å². The summed E-state index contributed by atoms with van der Waals surface area (Å²) in [6, 6.07) is 7.97. The first-order chi connectivity index (χ1) is 12.3. The zero-order valence-electron chi connectivity index (χ0n) is 13.2. The van der Waals surface area contributed by atoms with Gasteiger partial charge in [-0.2, -0.15) is 0 Å². The number of sulfonamides is 1. The number of halogens is 2. The zero-order valence-corrected chi connectivity index (χ0v) is 14.0. The van der Waals surface area contributed by atoms with E-state index in [1.165, 1.54) is 24.3 Å². The third-order valence-electron chi connectivity index (χ3n) is 3.67. The molecule has 10 heteroatoms. The molecule has 136 valence electrons. The molecule has 2 N–H and O–H groups in total. The summed E-state index contributed by atoms with van der Waals surface area (Å²) >= 11 is 0. The average Bonchev–Trinajstić information content (AvgIpc) is 2.88. The maximum Gasteiger partial charge on any atom is 0.324 e. The molecule has 1 saturated heterocycles. The molecule has 0 spiro atoms. The highest BCUT2D eigenvalue weighted by Crippen LogP contribution is 2.22. The van der Waals surface area contributed by atoms with Crippen molar-refractivity contribution in [2.24, 2.45) is 0 Å². The van der Waals surface area contributed by atoms with Crippen molar-refractivity contribution in [3.8, 4) is 0 Å². The van der Waals surface area contributed by atoms with Gasteiger partial charge in [0.15, 0.2) is 4.90 Å². The fourth-order valence-electron chi connectivity index (χ4n) is 2.42. The van der Waals surface area contributed by atoms with Gasteiger partial charge in [-0.15, -0.1) is 0 Å². The first kappa shape index (κ1) is 17.8. The molecule has 0 unspecified atom stereocenters. The van der Waals surface area contributed by atoms with Crippen LogP contribution in [0.25, 0.3) is 0 Å². The summed E-state index contributed by atoms with van der Waals surface area (Å²) in [6.45, 7) is -0.0371. The smallest absolute Gasteiger partial charge is 0.324 e. The minimum atomic E-state index is -4.46. The number of anilines is 1. The Hall–Kier alpha value is -3.01. The molecule has 2 aromatic carbocycles. The largest absolute Gasteiger partial charge is 0.329 e. The number of urea groups is 1. The molecule has 2 aromatic rings. The second kappa shape index (κ2) is 6.71. The maximum atomic E-state index is 13.7. The van der Waals surface area contributed by atoms with Crippen LogP contribution < -0.4 is 10.0 Å². The second-order valence-electron chi connectivity index (χ2n) is 5.49. The Labute approximate surface area is 147 Å². The predicted octanol–water partition coefficient (Wildman–Crippen LogP) is 1.82. The zero-order chi connectivity index (χ0) is 18.9. The molecule has 0 atom stereocenters. The summed E-state index contributed by atoms with van der Waals surface area (Å²) in [5.74, 6) is -2.77. The topological polar surface area (TPSA) is 95.6 Å². The van der Waals surface area contributed by atoms with Crippen molar-refractivity contribution in [3.63, 3.8) is 0 Å². The van der Waals surface area contributed by atoms with Gasteiger partial charge in [-0.1, -0.05) is 18.2 Å². The Kier molecular flexibility index (Phi) is 4.60. The predicted molar refractivity (Wildman–Crippen MR) is 87.6 cm³/mol. The lowest BCUT2D eigenvalue weighted by atomic mass is 10.2. The standard InChI is InChI=1S/C16H13F2N3O4S/c17-12-2-1-3-13(18)15(12)26(24,25)20-11-6-4-10(5-7-11)9-21-14(22)8-19-16(21)23/h1-7,20H,8-9H2,(H,19,23). The van der Waals surface area contributed by atoms with Gasteiger partial charge in [0.2, 0.25) is 5.91 Å². The molecule has 7 nitrogen and oxygen atoms in total. The Morgan fingerprint density at radius 1 is 1.04 bits per heavy atom. The van der Waals surface area contributed by atoms with E-state index in [0.29, 0.717) is 5.56 Å². The summed E-state index contributed by atoms with van der Waals surface area (Å²) in [5, 5.41) is 2.39. The molecular weight excluding hydrogens is 368 g/mol. The summed E-state index contributed by atoms with van der Waals surface area (Å²) in [5.41, 5.74) is 0.657.